The molecule has 4 saturated carbocycles. The standard InChI is InChI=1S/C32H43O3SSi/c1-22(14-15-36(33,34)26-10-8-7-9-11-26)27-12-13-28(31(2,3)4)29(30(27)35-37(5)6)32-19-23-16-24(20-32)18-25(17-23)21-32/h7-14,23-25H,15-21H2,1-6H3/b22-14-. The number of hydrogen-bond acceptors (Lipinski definition) is 3. The van der Waals surface area contributed by atoms with Gasteiger partial charge in [-0.3, -0.25) is 0 Å². The molecule has 4 fully saturated rings. The van der Waals surface area contributed by atoms with E-state index in [4.69, 9.17) is 4.43 Å². The predicted molar refractivity (Wildman–Crippen MR) is 155 cm³/mol. The molecule has 5 heteroatoms. The summed E-state index contributed by atoms with van der Waals surface area (Å²) in [5.41, 5.74) is 5.15. The van der Waals surface area contributed by atoms with Gasteiger partial charge in [-0.25, -0.2) is 8.42 Å². The van der Waals surface area contributed by atoms with Gasteiger partial charge < -0.3 is 4.43 Å². The molecule has 0 atom stereocenters. The van der Waals surface area contributed by atoms with Crippen LogP contribution in [0.2, 0.25) is 13.1 Å². The number of rotatable bonds is 7. The van der Waals surface area contributed by atoms with Gasteiger partial charge in [0.2, 0.25) is 0 Å². The van der Waals surface area contributed by atoms with Crippen molar-refractivity contribution in [1.82, 2.24) is 0 Å². The van der Waals surface area contributed by atoms with E-state index >= 15 is 0 Å². The number of benzene rings is 2. The molecule has 0 heterocycles. The van der Waals surface area contributed by atoms with Crippen molar-refractivity contribution in [2.24, 2.45) is 17.8 Å². The smallest absolute Gasteiger partial charge is 0.274 e. The van der Waals surface area contributed by atoms with Gasteiger partial charge in [0, 0.05) is 16.5 Å². The Morgan fingerprint density at radius 3 is 2.05 bits per heavy atom. The van der Waals surface area contributed by atoms with Crippen molar-refractivity contribution in [3.05, 3.63) is 65.2 Å². The van der Waals surface area contributed by atoms with Crippen LogP contribution in [0.3, 0.4) is 0 Å². The largest absolute Gasteiger partial charge is 0.542 e. The van der Waals surface area contributed by atoms with Gasteiger partial charge in [-0.15, -0.1) is 0 Å². The maximum Gasteiger partial charge on any atom is 0.274 e. The summed E-state index contributed by atoms with van der Waals surface area (Å²) in [7, 11) is -4.41. The first-order valence-electron chi connectivity index (χ1n) is 14.0. The summed E-state index contributed by atoms with van der Waals surface area (Å²) in [5, 5.41) is 0. The molecule has 0 spiro atoms. The molecule has 0 aromatic heterocycles. The average Bonchev–Trinajstić information content (AvgIpc) is 2.81. The van der Waals surface area contributed by atoms with Crippen LogP contribution < -0.4 is 4.43 Å². The Morgan fingerprint density at radius 1 is 0.973 bits per heavy atom. The van der Waals surface area contributed by atoms with Crippen LogP contribution in [0.1, 0.15) is 82.9 Å². The Balaban J connectivity index is 1.63. The van der Waals surface area contributed by atoms with E-state index in [0.717, 1.165) is 34.6 Å². The summed E-state index contributed by atoms with van der Waals surface area (Å²) in [6, 6.07) is 13.3. The third-order valence-electron chi connectivity index (χ3n) is 8.98. The van der Waals surface area contributed by atoms with Gasteiger partial charge in [-0.1, -0.05) is 57.2 Å². The first-order chi connectivity index (χ1) is 17.4. The van der Waals surface area contributed by atoms with E-state index in [2.05, 4.69) is 52.9 Å². The summed E-state index contributed by atoms with van der Waals surface area (Å²) >= 11 is 0. The Kier molecular flexibility index (Phi) is 7.02. The van der Waals surface area contributed by atoms with Gasteiger partial charge in [0.25, 0.3) is 9.04 Å². The summed E-state index contributed by atoms with van der Waals surface area (Å²) in [4.78, 5) is 0.375. The molecule has 4 aliphatic rings. The van der Waals surface area contributed by atoms with Crippen LogP contribution in [0.25, 0.3) is 5.57 Å². The van der Waals surface area contributed by atoms with Crippen molar-refractivity contribution in [1.29, 1.82) is 0 Å². The second-order valence-corrected chi connectivity index (χ2v) is 17.4. The zero-order chi connectivity index (χ0) is 26.6. The van der Waals surface area contributed by atoms with Crippen molar-refractivity contribution in [2.75, 3.05) is 5.75 Å². The number of hydrogen-bond donors (Lipinski definition) is 0. The predicted octanol–water partition coefficient (Wildman–Crippen LogP) is 7.96. The Morgan fingerprint density at radius 2 is 1.54 bits per heavy atom. The molecule has 37 heavy (non-hydrogen) atoms. The van der Waals surface area contributed by atoms with Crippen LogP contribution in [0.15, 0.2) is 53.4 Å². The summed E-state index contributed by atoms with van der Waals surface area (Å²) in [6.45, 7) is 13.5. The van der Waals surface area contributed by atoms with Crippen molar-refractivity contribution in [3.8, 4) is 5.75 Å². The number of allylic oxidation sites excluding steroid dienone is 1. The molecular formula is C32H43O3SSi. The van der Waals surface area contributed by atoms with Gasteiger partial charge in [0.05, 0.1) is 10.6 Å². The van der Waals surface area contributed by atoms with Gasteiger partial charge in [0.15, 0.2) is 9.84 Å². The summed E-state index contributed by atoms with van der Waals surface area (Å²) in [5.74, 6) is 3.58. The third-order valence-corrected chi connectivity index (χ3v) is 11.2. The van der Waals surface area contributed by atoms with E-state index in [1.165, 1.54) is 49.7 Å². The van der Waals surface area contributed by atoms with Crippen LogP contribution in [0.4, 0.5) is 0 Å². The second kappa shape index (κ2) is 9.71. The van der Waals surface area contributed by atoms with Crippen molar-refractivity contribution in [2.45, 2.75) is 95.0 Å². The van der Waals surface area contributed by atoms with E-state index in [-0.39, 0.29) is 16.6 Å². The highest BCUT2D eigenvalue weighted by Crippen LogP contribution is 2.63. The summed E-state index contributed by atoms with van der Waals surface area (Å²) in [6.07, 6.45) is 9.96. The first-order valence-corrected chi connectivity index (χ1v) is 18.0. The van der Waals surface area contributed by atoms with E-state index in [1.54, 1.807) is 24.3 Å². The lowest BCUT2D eigenvalue weighted by Crippen LogP contribution is -2.49. The molecule has 4 bridgehead atoms. The minimum Gasteiger partial charge on any atom is -0.542 e. The van der Waals surface area contributed by atoms with E-state index in [0.29, 0.717) is 4.90 Å². The van der Waals surface area contributed by atoms with Crippen LogP contribution in [0.5, 0.6) is 5.75 Å². The van der Waals surface area contributed by atoms with Gasteiger partial charge in [-0.05, 0) is 105 Å². The second-order valence-electron chi connectivity index (χ2n) is 13.3. The van der Waals surface area contributed by atoms with Gasteiger partial charge in [0.1, 0.15) is 5.75 Å². The highest BCUT2D eigenvalue weighted by Gasteiger charge is 2.54. The van der Waals surface area contributed by atoms with Gasteiger partial charge in [-0.2, -0.15) is 0 Å². The minimum atomic E-state index is -3.39. The molecule has 199 valence electrons. The monoisotopic (exact) mass is 535 g/mol. The zero-order valence-corrected chi connectivity index (χ0v) is 25.3. The Labute approximate surface area is 226 Å². The van der Waals surface area contributed by atoms with Gasteiger partial charge >= 0.3 is 0 Å². The molecular weight excluding hydrogens is 493 g/mol. The quantitative estimate of drug-likeness (QED) is 0.338. The zero-order valence-electron chi connectivity index (χ0n) is 23.4. The molecule has 0 N–H and O–H groups in total. The maximum absolute atomic E-state index is 13.0. The van der Waals surface area contributed by atoms with E-state index in [1.807, 2.05) is 12.1 Å². The fourth-order valence-corrected chi connectivity index (χ4v) is 9.69. The fourth-order valence-electron chi connectivity index (χ4n) is 7.84. The van der Waals surface area contributed by atoms with E-state index < -0.39 is 18.9 Å². The molecule has 2 aromatic rings. The molecule has 1 radical (unpaired) electrons. The molecule has 0 saturated heterocycles. The lowest BCUT2D eigenvalue weighted by atomic mass is 9.47. The van der Waals surface area contributed by atoms with Crippen molar-refractivity contribution >= 4 is 24.5 Å². The normalized spacial score (nSPS) is 27.6. The molecule has 6 rings (SSSR count). The lowest BCUT2D eigenvalue weighted by molar-refractivity contribution is -0.00659. The molecule has 2 aromatic carbocycles. The van der Waals surface area contributed by atoms with Crippen LogP contribution >= 0.6 is 0 Å². The van der Waals surface area contributed by atoms with E-state index in [9.17, 15) is 8.42 Å². The lowest BCUT2D eigenvalue weighted by Gasteiger charge is -2.58. The van der Waals surface area contributed by atoms with Crippen LogP contribution in [-0.4, -0.2) is 23.2 Å². The third kappa shape index (κ3) is 5.23. The maximum atomic E-state index is 13.0. The number of sulfone groups is 1. The average molecular weight is 536 g/mol. The molecule has 0 aliphatic heterocycles. The first kappa shape index (κ1) is 26.7. The Hall–Kier alpha value is -1.85. The highest BCUT2D eigenvalue weighted by atomic mass is 32.2. The minimum absolute atomic E-state index is 0.00787. The molecule has 4 aliphatic carbocycles. The fraction of sp³-hybridized carbons (Fsp3) is 0.562. The summed E-state index contributed by atoms with van der Waals surface area (Å²) < 4.78 is 32.9. The molecule has 0 unspecified atom stereocenters. The van der Waals surface area contributed by atoms with Crippen molar-refractivity contribution < 1.29 is 12.8 Å². The Bertz CT molecular complexity index is 1250. The molecule has 3 nitrogen and oxygen atoms in total. The van der Waals surface area contributed by atoms with Crippen LogP contribution in [-0.2, 0) is 20.7 Å². The topological polar surface area (TPSA) is 43.4 Å². The highest BCUT2D eigenvalue weighted by molar-refractivity contribution is 7.91. The van der Waals surface area contributed by atoms with Crippen LogP contribution in [0, 0.1) is 17.8 Å². The SMILES string of the molecule is C/C(=C/CS(=O)(=O)c1ccccc1)c1ccc(C(C)(C)C)c(C23CC4CC(CC(C4)C2)C3)c1O[Si](C)C. The van der Waals surface area contributed by atoms with Crippen molar-refractivity contribution in [3.63, 3.8) is 0 Å². The molecule has 0 amide bonds.